The summed E-state index contributed by atoms with van der Waals surface area (Å²) < 4.78 is 5.05. The zero-order valence-electron chi connectivity index (χ0n) is 9.89. The molecule has 0 atom stereocenters. The molecule has 0 bridgehead atoms. The second-order valence-corrected chi connectivity index (χ2v) is 3.93. The van der Waals surface area contributed by atoms with Crippen LogP contribution >= 0.6 is 0 Å². The molecule has 0 unspecified atom stereocenters. The Morgan fingerprint density at radius 3 is 2.37 bits per heavy atom. The van der Waals surface area contributed by atoms with Gasteiger partial charge in [0.15, 0.2) is 0 Å². The quantitative estimate of drug-likeness (QED) is 0.407. The molecule has 19 heavy (non-hydrogen) atoms. The van der Waals surface area contributed by atoms with E-state index >= 15 is 0 Å². The molecule has 1 saturated heterocycles. The SMILES string of the molecule is Nc1[nH]c(=O)[nH]c(=O)c1C(=O)C(=O)N1CCOCC1. The molecule has 102 valence electrons. The van der Waals surface area contributed by atoms with Gasteiger partial charge in [0.25, 0.3) is 17.2 Å². The second kappa shape index (κ2) is 5.06. The van der Waals surface area contributed by atoms with Crippen molar-refractivity contribution in [3.63, 3.8) is 0 Å². The van der Waals surface area contributed by atoms with Crippen LogP contribution in [0.4, 0.5) is 5.82 Å². The van der Waals surface area contributed by atoms with Crippen LogP contribution in [0.25, 0.3) is 0 Å². The van der Waals surface area contributed by atoms with Gasteiger partial charge in [0.05, 0.1) is 13.2 Å². The number of morpholine rings is 1. The molecule has 1 aromatic rings. The van der Waals surface area contributed by atoms with Gasteiger partial charge >= 0.3 is 5.69 Å². The molecule has 2 heterocycles. The number of nitrogens with one attached hydrogen (secondary N) is 2. The van der Waals surface area contributed by atoms with Crippen molar-refractivity contribution in [1.29, 1.82) is 0 Å². The van der Waals surface area contributed by atoms with Gasteiger partial charge in [0.1, 0.15) is 11.4 Å². The van der Waals surface area contributed by atoms with Crippen LogP contribution in [0.2, 0.25) is 0 Å². The fourth-order valence-electron chi connectivity index (χ4n) is 1.75. The fourth-order valence-corrected chi connectivity index (χ4v) is 1.75. The van der Waals surface area contributed by atoms with E-state index in [-0.39, 0.29) is 13.1 Å². The highest BCUT2D eigenvalue weighted by Crippen LogP contribution is 2.05. The Kier molecular flexibility index (Phi) is 3.47. The van der Waals surface area contributed by atoms with Gasteiger partial charge in [0.2, 0.25) is 0 Å². The molecule has 0 saturated carbocycles. The Bertz CT molecular complexity index is 626. The number of carbonyl (C=O) groups is 2. The first kappa shape index (κ1) is 13.0. The summed E-state index contributed by atoms with van der Waals surface area (Å²) in [6.45, 7) is 1.20. The van der Waals surface area contributed by atoms with Crippen molar-refractivity contribution >= 4 is 17.5 Å². The van der Waals surface area contributed by atoms with Gasteiger partial charge in [-0.05, 0) is 0 Å². The standard InChI is InChI=1S/C10H12N4O5/c11-7-5(8(16)13-10(18)12-7)6(15)9(17)14-1-3-19-4-2-14/h1-4H2,(H4,11,12,13,16,18). The summed E-state index contributed by atoms with van der Waals surface area (Å²) >= 11 is 0. The number of H-pyrrole nitrogens is 2. The topological polar surface area (TPSA) is 138 Å². The molecule has 1 amide bonds. The maximum absolute atomic E-state index is 11.9. The molecule has 9 nitrogen and oxygen atoms in total. The number of nitrogen functional groups attached to an aromatic ring is 1. The summed E-state index contributed by atoms with van der Waals surface area (Å²) in [4.78, 5) is 51.5. The zero-order chi connectivity index (χ0) is 14.0. The van der Waals surface area contributed by atoms with Crippen LogP contribution in [-0.2, 0) is 9.53 Å². The molecule has 0 aliphatic carbocycles. The van der Waals surface area contributed by atoms with E-state index in [0.717, 1.165) is 0 Å². The van der Waals surface area contributed by atoms with E-state index in [1.54, 1.807) is 0 Å². The van der Waals surface area contributed by atoms with Crippen LogP contribution in [0.3, 0.4) is 0 Å². The van der Waals surface area contributed by atoms with Crippen LogP contribution < -0.4 is 17.0 Å². The number of Topliss-reactive ketones (excluding diaryl/α,β-unsaturated/α-hetero) is 1. The third kappa shape index (κ3) is 2.55. The molecule has 1 fully saturated rings. The number of amides is 1. The zero-order valence-corrected chi connectivity index (χ0v) is 9.89. The van der Waals surface area contributed by atoms with Gasteiger partial charge in [0, 0.05) is 13.1 Å². The number of hydrogen-bond donors (Lipinski definition) is 3. The Balaban J connectivity index is 2.31. The first-order chi connectivity index (χ1) is 9.00. The number of anilines is 1. The van der Waals surface area contributed by atoms with Crippen molar-refractivity contribution < 1.29 is 14.3 Å². The smallest absolute Gasteiger partial charge is 0.327 e. The van der Waals surface area contributed by atoms with Gasteiger partial charge in [-0.3, -0.25) is 24.4 Å². The number of aromatic nitrogens is 2. The van der Waals surface area contributed by atoms with Crippen LogP contribution in [0, 0.1) is 0 Å². The predicted molar refractivity (Wildman–Crippen MR) is 63.8 cm³/mol. The summed E-state index contributed by atoms with van der Waals surface area (Å²) in [5.74, 6) is -2.30. The Labute approximate surface area is 106 Å². The van der Waals surface area contributed by atoms with Crippen molar-refractivity contribution in [2.75, 3.05) is 32.0 Å². The van der Waals surface area contributed by atoms with Crippen LogP contribution in [0.15, 0.2) is 9.59 Å². The maximum Gasteiger partial charge on any atom is 0.327 e. The van der Waals surface area contributed by atoms with Gasteiger partial charge in [-0.1, -0.05) is 0 Å². The summed E-state index contributed by atoms with van der Waals surface area (Å²) in [6, 6.07) is 0. The van der Waals surface area contributed by atoms with Crippen molar-refractivity contribution in [3.8, 4) is 0 Å². The first-order valence-electron chi connectivity index (χ1n) is 5.54. The molecule has 1 aliphatic rings. The number of aromatic amines is 2. The normalized spacial score (nSPS) is 15.3. The average Bonchev–Trinajstić information content (AvgIpc) is 2.37. The number of hydrogen-bond acceptors (Lipinski definition) is 6. The molecule has 1 aromatic heterocycles. The van der Waals surface area contributed by atoms with E-state index in [0.29, 0.717) is 13.2 Å². The highest BCUT2D eigenvalue weighted by Gasteiger charge is 2.28. The second-order valence-electron chi connectivity index (χ2n) is 3.93. The Morgan fingerprint density at radius 1 is 1.16 bits per heavy atom. The van der Waals surface area contributed by atoms with E-state index in [4.69, 9.17) is 10.5 Å². The lowest BCUT2D eigenvalue weighted by molar-refractivity contribution is -0.130. The molecule has 0 spiro atoms. The molecule has 4 N–H and O–H groups in total. The Morgan fingerprint density at radius 2 is 1.79 bits per heavy atom. The number of ketones is 1. The Hall–Kier alpha value is -2.42. The molecule has 1 aliphatic heterocycles. The van der Waals surface area contributed by atoms with Gasteiger partial charge in [-0.2, -0.15) is 0 Å². The number of ether oxygens (including phenoxy) is 1. The lowest BCUT2D eigenvalue weighted by Gasteiger charge is -2.26. The highest BCUT2D eigenvalue weighted by atomic mass is 16.5. The lowest BCUT2D eigenvalue weighted by atomic mass is 10.1. The molecule has 0 aromatic carbocycles. The van der Waals surface area contributed by atoms with E-state index in [1.807, 2.05) is 4.98 Å². The van der Waals surface area contributed by atoms with Crippen molar-refractivity contribution in [3.05, 3.63) is 26.4 Å². The molecular weight excluding hydrogens is 256 g/mol. The number of nitrogens with zero attached hydrogens (tertiary/aromatic N) is 1. The highest BCUT2D eigenvalue weighted by molar-refractivity contribution is 6.43. The largest absolute Gasteiger partial charge is 0.384 e. The third-order valence-corrected chi connectivity index (χ3v) is 2.69. The molecule has 2 rings (SSSR count). The minimum atomic E-state index is -1.04. The van der Waals surface area contributed by atoms with E-state index in [1.165, 1.54) is 4.90 Å². The summed E-state index contributed by atoms with van der Waals surface area (Å²) in [6.07, 6.45) is 0. The van der Waals surface area contributed by atoms with Crippen LogP contribution in [-0.4, -0.2) is 52.9 Å². The maximum atomic E-state index is 11.9. The monoisotopic (exact) mass is 268 g/mol. The van der Waals surface area contributed by atoms with E-state index < -0.39 is 34.3 Å². The van der Waals surface area contributed by atoms with Crippen LogP contribution in [0.5, 0.6) is 0 Å². The van der Waals surface area contributed by atoms with Crippen LogP contribution in [0.1, 0.15) is 10.4 Å². The lowest BCUT2D eigenvalue weighted by Crippen LogP contribution is -2.45. The minimum Gasteiger partial charge on any atom is -0.384 e. The fraction of sp³-hybridized carbons (Fsp3) is 0.400. The number of carbonyl (C=O) groups excluding carboxylic acids is 2. The molecule has 0 radical (unpaired) electrons. The summed E-state index contributed by atoms with van der Waals surface area (Å²) in [5, 5.41) is 0. The minimum absolute atomic E-state index is 0.270. The third-order valence-electron chi connectivity index (χ3n) is 2.69. The predicted octanol–water partition coefficient (Wildman–Crippen LogP) is -2.31. The first-order valence-corrected chi connectivity index (χ1v) is 5.54. The van der Waals surface area contributed by atoms with Crippen molar-refractivity contribution in [1.82, 2.24) is 14.9 Å². The van der Waals surface area contributed by atoms with Gasteiger partial charge < -0.3 is 15.4 Å². The van der Waals surface area contributed by atoms with Gasteiger partial charge in [-0.15, -0.1) is 0 Å². The van der Waals surface area contributed by atoms with E-state index in [2.05, 4.69) is 4.98 Å². The van der Waals surface area contributed by atoms with E-state index in [9.17, 15) is 19.2 Å². The van der Waals surface area contributed by atoms with Crippen molar-refractivity contribution in [2.24, 2.45) is 0 Å². The number of nitrogens with two attached hydrogens (primary N) is 1. The molecular formula is C10H12N4O5. The summed E-state index contributed by atoms with van der Waals surface area (Å²) in [7, 11) is 0. The van der Waals surface area contributed by atoms with Gasteiger partial charge in [-0.25, -0.2) is 4.79 Å². The molecule has 9 heteroatoms. The summed E-state index contributed by atoms with van der Waals surface area (Å²) in [5.41, 5.74) is 3.04. The van der Waals surface area contributed by atoms with Crippen molar-refractivity contribution in [2.45, 2.75) is 0 Å². The average molecular weight is 268 g/mol. The number of rotatable bonds is 2.